The molecule has 0 saturated carbocycles. The number of anilines is 1. The summed E-state index contributed by atoms with van der Waals surface area (Å²) in [5.41, 5.74) is 1.35. The van der Waals surface area contributed by atoms with Crippen LogP contribution in [0.5, 0.6) is 0 Å². The molecule has 3 aromatic heterocycles. The van der Waals surface area contributed by atoms with E-state index >= 15 is 0 Å². The van der Waals surface area contributed by atoms with Gasteiger partial charge in [-0.3, -0.25) is 4.79 Å². The zero-order valence-electron chi connectivity index (χ0n) is 14.4. The van der Waals surface area contributed by atoms with Gasteiger partial charge in [0.1, 0.15) is 16.6 Å². The Balaban J connectivity index is 1.41. The normalized spacial score (nSPS) is 10.9. The van der Waals surface area contributed by atoms with Crippen LogP contribution in [0, 0.1) is 5.82 Å². The number of carbonyl (C=O) groups is 1. The SMILES string of the molecule is O=C(Cc1csc(-c2cccc(F)c2)n1)Nc1ccnn1Cc1cc(Br)cs1. The van der Waals surface area contributed by atoms with Gasteiger partial charge in [0.15, 0.2) is 0 Å². The summed E-state index contributed by atoms with van der Waals surface area (Å²) in [5.74, 6) is 0.151. The fourth-order valence-electron chi connectivity index (χ4n) is 2.64. The maximum atomic E-state index is 13.4. The van der Waals surface area contributed by atoms with Gasteiger partial charge in [0.2, 0.25) is 5.91 Å². The molecule has 28 heavy (non-hydrogen) atoms. The van der Waals surface area contributed by atoms with Crippen LogP contribution in [0.25, 0.3) is 10.6 Å². The highest BCUT2D eigenvalue weighted by Crippen LogP contribution is 2.25. The number of hydrogen-bond acceptors (Lipinski definition) is 5. The largest absolute Gasteiger partial charge is 0.311 e. The average molecular weight is 477 g/mol. The quantitative estimate of drug-likeness (QED) is 0.416. The number of halogens is 2. The van der Waals surface area contributed by atoms with Crippen LogP contribution in [0.3, 0.4) is 0 Å². The molecule has 0 spiro atoms. The summed E-state index contributed by atoms with van der Waals surface area (Å²) in [4.78, 5) is 18.0. The first kappa shape index (κ1) is 19.0. The number of carbonyl (C=O) groups excluding carboxylic acids is 1. The van der Waals surface area contributed by atoms with Crippen molar-refractivity contribution in [3.63, 3.8) is 0 Å². The van der Waals surface area contributed by atoms with Crippen LogP contribution in [-0.4, -0.2) is 20.7 Å². The Kier molecular flexibility index (Phi) is 5.65. The minimum Gasteiger partial charge on any atom is -0.311 e. The zero-order valence-corrected chi connectivity index (χ0v) is 17.7. The first-order chi connectivity index (χ1) is 13.6. The molecule has 1 N–H and O–H groups in total. The van der Waals surface area contributed by atoms with Gasteiger partial charge in [0, 0.05) is 31.7 Å². The van der Waals surface area contributed by atoms with Crippen LogP contribution >= 0.6 is 38.6 Å². The lowest BCUT2D eigenvalue weighted by atomic mass is 10.2. The van der Waals surface area contributed by atoms with Gasteiger partial charge in [0.05, 0.1) is 24.9 Å². The Bertz CT molecular complexity index is 1120. The molecule has 0 aliphatic rings. The summed E-state index contributed by atoms with van der Waals surface area (Å²) in [6.45, 7) is 0.583. The Labute approximate surface area is 177 Å². The van der Waals surface area contributed by atoms with Gasteiger partial charge in [-0.2, -0.15) is 5.10 Å². The van der Waals surface area contributed by atoms with E-state index in [0.717, 1.165) is 9.35 Å². The number of rotatable bonds is 6. The van der Waals surface area contributed by atoms with Crippen molar-refractivity contribution in [3.05, 3.63) is 74.2 Å². The van der Waals surface area contributed by atoms with Crippen molar-refractivity contribution in [2.45, 2.75) is 13.0 Å². The summed E-state index contributed by atoms with van der Waals surface area (Å²) in [5, 5.41) is 11.7. The number of nitrogens with one attached hydrogen (secondary N) is 1. The minimum absolute atomic E-state index is 0.140. The van der Waals surface area contributed by atoms with E-state index in [2.05, 4.69) is 31.3 Å². The van der Waals surface area contributed by atoms with E-state index in [0.29, 0.717) is 28.6 Å². The van der Waals surface area contributed by atoms with E-state index in [9.17, 15) is 9.18 Å². The number of benzene rings is 1. The van der Waals surface area contributed by atoms with Gasteiger partial charge in [-0.1, -0.05) is 12.1 Å². The third-order valence-corrected chi connectivity index (χ3v) is 6.50. The van der Waals surface area contributed by atoms with Crippen molar-refractivity contribution >= 4 is 50.3 Å². The van der Waals surface area contributed by atoms with Gasteiger partial charge in [-0.05, 0) is 34.1 Å². The van der Waals surface area contributed by atoms with E-state index in [-0.39, 0.29) is 18.1 Å². The number of aromatic nitrogens is 3. The van der Waals surface area contributed by atoms with Crippen LogP contribution in [0.1, 0.15) is 10.6 Å². The van der Waals surface area contributed by atoms with Crippen LogP contribution in [0.2, 0.25) is 0 Å². The maximum absolute atomic E-state index is 13.4. The molecular weight excluding hydrogens is 463 g/mol. The molecule has 4 rings (SSSR count). The van der Waals surface area contributed by atoms with E-state index in [1.807, 2.05) is 16.8 Å². The minimum atomic E-state index is -0.307. The summed E-state index contributed by atoms with van der Waals surface area (Å²) in [6.07, 6.45) is 1.80. The molecule has 0 aliphatic heterocycles. The summed E-state index contributed by atoms with van der Waals surface area (Å²) >= 11 is 6.45. The van der Waals surface area contributed by atoms with Crippen molar-refractivity contribution in [1.29, 1.82) is 0 Å². The smallest absolute Gasteiger partial charge is 0.231 e. The molecule has 0 bridgehead atoms. The molecule has 1 aromatic carbocycles. The van der Waals surface area contributed by atoms with Crippen molar-refractivity contribution in [2.75, 3.05) is 5.32 Å². The highest BCUT2D eigenvalue weighted by Gasteiger charge is 2.12. The third-order valence-electron chi connectivity index (χ3n) is 3.88. The molecule has 1 amide bonds. The number of hydrogen-bond donors (Lipinski definition) is 1. The van der Waals surface area contributed by atoms with Crippen LogP contribution in [0.4, 0.5) is 10.2 Å². The van der Waals surface area contributed by atoms with E-state index in [1.54, 1.807) is 40.4 Å². The fourth-order valence-corrected chi connectivity index (χ4v) is 4.89. The summed E-state index contributed by atoms with van der Waals surface area (Å²) in [7, 11) is 0. The Morgan fingerprint density at radius 1 is 1.21 bits per heavy atom. The van der Waals surface area contributed by atoms with Crippen LogP contribution in [-0.2, 0) is 17.8 Å². The van der Waals surface area contributed by atoms with Gasteiger partial charge >= 0.3 is 0 Å². The number of amides is 1. The number of thiophene rings is 1. The van der Waals surface area contributed by atoms with Gasteiger partial charge < -0.3 is 5.32 Å². The number of nitrogens with zero attached hydrogens (tertiary/aromatic N) is 3. The molecule has 5 nitrogen and oxygen atoms in total. The lowest BCUT2D eigenvalue weighted by Crippen LogP contribution is -2.18. The zero-order chi connectivity index (χ0) is 19.5. The molecule has 0 unspecified atom stereocenters. The predicted octanol–water partition coefficient (Wildman–Crippen LogP) is 5.20. The van der Waals surface area contributed by atoms with Crippen molar-refractivity contribution in [1.82, 2.24) is 14.8 Å². The van der Waals surface area contributed by atoms with Crippen molar-refractivity contribution in [2.24, 2.45) is 0 Å². The second-order valence-corrected chi connectivity index (χ2v) is 8.75. The first-order valence-corrected chi connectivity index (χ1v) is 10.9. The summed E-state index contributed by atoms with van der Waals surface area (Å²) < 4.78 is 16.2. The highest BCUT2D eigenvalue weighted by atomic mass is 79.9. The molecule has 4 aromatic rings. The maximum Gasteiger partial charge on any atom is 0.231 e. The van der Waals surface area contributed by atoms with Crippen molar-refractivity contribution in [3.8, 4) is 10.6 Å². The standard InChI is InChI=1S/C19H14BrFN4OS2/c20-13-7-16(27-10-13)9-25-17(4-5-22-25)24-18(26)8-15-11-28-19(23-15)12-2-1-3-14(21)6-12/h1-7,10-11H,8-9H2,(H,24,26). The Morgan fingerprint density at radius 3 is 2.89 bits per heavy atom. The lowest BCUT2D eigenvalue weighted by molar-refractivity contribution is -0.115. The fraction of sp³-hybridized carbons (Fsp3) is 0.105. The topological polar surface area (TPSA) is 59.8 Å². The molecule has 0 fully saturated rings. The second kappa shape index (κ2) is 8.34. The van der Waals surface area contributed by atoms with E-state index in [1.165, 1.54) is 23.5 Å². The molecule has 142 valence electrons. The predicted molar refractivity (Wildman–Crippen MR) is 113 cm³/mol. The molecule has 3 heterocycles. The molecule has 0 aliphatic carbocycles. The Morgan fingerprint density at radius 2 is 2.11 bits per heavy atom. The molecule has 0 radical (unpaired) electrons. The monoisotopic (exact) mass is 476 g/mol. The average Bonchev–Trinajstić information content (AvgIpc) is 3.38. The second-order valence-electron chi connectivity index (χ2n) is 5.98. The first-order valence-electron chi connectivity index (χ1n) is 8.32. The van der Waals surface area contributed by atoms with Crippen LogP contribution < -0.4 is 5.32 Å². The highest BCUT2D eigenvalue weighted by molar-refractivity contribution is 9.10. The number of thiazole rings is 1. The van der Waals surface area contributed by atoms with Gasteiger partial charge in [-0.25, -0.2) is 14.1 Å². The summed E-state index contributed by atoms with van der Waals surface area (Å²) in [6, 6.07) is 10.1. The van der Waals surface area contributed by atoms with Crippen LogP contribution in [0.15, 0.2) is 57.8 Å². The van der Waals surface area contributed by atoms with E-state index < -0.39 is 0 Å². The molecule has 9 heteroatoms. The molecular formula is C19H14BrFN4OS2. The molecule has 0 atom stereocenters. The Hall–Kier alpha value is -2.36. The van der Waals surface area contributed by atoms with Crippen molar-refractivity contribution < 1.29 is 9.18 Å². The van der Waals surface area contributed by atoms with Gasteiger partial charge in [0.25, 0.3) is 0 Å². The van der Waals surface area contributed by atoms with Gasteiger partial charge in [-0.15, -0.1) is 22.7 Å². The third kappa shape index (κ3) is 4.54. The molecule has 0 saturated heterocycles. The van der Waals surface area contributed by atoms with E-state index in [4.69, 9.17) is 0 Å². The lowest BCUT2D eigenvalue weighted by Gasteiger charge is -2.07.